The molecular weight excluding hydrogens is 276 g/mol. The molecule has 2 atom stereocenters. The van der Waals surface area contributed by atoms with E-state index in [1.165, 1.54) is 12.1 Å². The molecule has 1 aromatic carbocycles. The largest absolute Gasteiger partial charge is 0.435 e. The Morgan fingerprint density at radius 2 is 1.76 bits per heavy atom. The van der Waals surface area contributed by atoms with Crippen molar-refractivity contribution < 1.29 is 18.6 Å². The van der Waals surface area contributed by atoms with E-state index in [1.807, 2.05) is 6.92 Å². The summed E-state index contributed by atoms with van der Waals surface area (Å²) >= 11 is 0. The molecule has 0 heterocycles. The molecule has 0 aliphatic heterocycles. The average Bonchev–Trinajstić information content (AvgIpc) is 2.37. The van der Waals surface area contributed by atoms with Crippen molar-refractivity contribution in [3.05, 3.63) is 29.8 Å². The van der Waals surface area contributed by atoms with Crippen LogP contribution in [-0.2, 0) is 0 Å². The Morgan fingerprint density at radius 1 is 1.19 bits per heavy atom. The van der Waals surface area contributed by atoms with E-state index < -0.39 is 6.61 Å². The van der Waals surface area contributed by atoms with Gasteiger partial charge in [0.1, 0.15) is 5.75 Å². The van der Waals surface area contributed by atoms with Gasteiger partial charge in [-0.3, -0.25) is 0 Å². The van der Waals surface area contributed by atoms with Gasteiger partial charge in [-0.1, -0.05) is 32.9 Å². The number of benzene rings is 1. The van der Waals surface area contributed by atoms with Crippen molar-refractivity contribution in [1.82, 2.24) is 5.32 Å². The molecule has 0 fully saturated rings. The van der Waals surface area contributed by atoms with E-state index in [0.29, 0.717) is 6.42 Å². The molecule has 3 nitrogen and oxygen atoms in total. The second-order valence-electron chi connectivity index (χ2n) is 6.27. The molecule has 1 rings (SSSR count). The van der Waals surface area contributed by atoms with Crippen molar-refractivity contribution in [3.8, 4) is 5.75 Å². The summed E-state index contributed by atoms with van der Waals surface area (Å²) in [7, 11) is 0. The Labute approximate surface area is 125 Å². The van der Waals surface area contributed by atoms with E-state index in [1.54, 1.807) is 12.1 Å². The van der Waals surface area contributed by atoms with Gasteiger partial charge in [0, 0.05) is 18.7 Å². The number of halogens is 2. The maximum absolute atomic E-state index is 12.1. The molecule has 0 radical (unpaired) electrons. The van der Waals surface area contributed by atoms with Crippen molar-refractivity contribution in [2.24, 2.45) is 5.41 Å². The number of hydrogen-bond donors (Lipinski definition) is 2. The van der Waals surface area contributed by atoms with Crippen LogP contribution in [-0.4, -0.2) is 24.4 Å². The maximum Gasteiger partial charge on any atom is 0.387 e. The number of aliphatic hydroxyl groups is 1. The van der Waals surface area contributed by atoms with Crippen LogP contribution in [0, 0.1) is 5.41 Å². The van der Waals surface area contributed by atoms with Crippen LogP contribution in [0.2, 0.25) is 0 Å². The number of hydrogen-bond acceptors (Lipinski definition) is 3. The van der Waals surface area contributed by atoms with Crippen molar-refractivity contribution >= 4 is 0 Å². The monoisotopic (exact) mass is 301 g/mol. The fraction of sp³-hybridized carbons (Fsp3) is 0.625. The van der Waals surface area contributed by atoms with Gasteiger partial charge in [-0.05, 0) is 36.5 Å². The smallest absolute Gasteiger partial charge is 0.387 e. The molecule has 0 aromatic heterocycles. The summed E-state index contributed by atoms with van der Waals surface area (Å²) in [6.45, 7) is 5.69. The van der Waals surface area contributed by atoms with Gasteiger partial charge in [-0.25, -0.2) is 0 Å². The Bertz CT molecular complexity index is 415. The van der Waals surface area contributed by atoms with Gasteiger partial charge in [-0.15, -0.1) is 0 Å². The summed E-state index contributed by atoms with van der Waals surface area (Å²) in [6, 6.07) is 6.84. The molecule has 21 heavy (non-hydrogen) atoms. The summed E-state index contributed by atoms with van der Waals surface area (Å²) in [6.07, 6.45) is 0.667. The lowest BCUT2D eigenvalue weighted by Gasteiger charge is -2.34. The molecule has 0 spiro atoms. The predicted molar refractivity (Wildman–Crippen MR) is 79.6 cm³/mol. The molecule has 0 bridgehead atoms. The lowest BCUT2D eigenvalue weighted by Crippen LogP contribution is -2.42. The number of ether oxygens (including phenoxy) is 1. The Morgan fingerprint density at radius 3 is 2.19 bits per heavy atom. The molecule has 0 aliphatic carbocycles. The quantitative estimate of drug-likeness (QED) is 0.806. The summed E-state index contributed by atoms with van der Waals surface area (Å²) < 4.78 is 28.6. The fourth-order valence-corrected chi connectivity index (χ4v) is 2.23. The van der Waals surface area contributed by atoms with Gasteiger partial charge in [0.15, 0.2) is 0 Å². The molecule has 2 unspecified atom stereocenters. The van der Waals surface area contributed by atoms with Gasteiger partial charge in [0.05, 0.1) is 0 Å². The lowest BCUT2D eigenvalue weighted by molar-refractivity contribution is -0.0498. The Kier molecular flexibility index (Phi) is 6.55. The number of rotatable bonds is 7. The van der Waals surface area contributed by atoms with Crippen LogP contribution in [0.3, 0.4) is 0 Å². The maximum atomic E-state index is 12.1. The zero-order chi connectivity index (χ0) is 16.0. The summed E-state index contributed by atoms with van der Waals surface area (Å²) in [5.74, 6) is 0.156. The predicted octanol–water partition coefficient (Wildman–Crippen LogP) is 3.74. The minimum atomic E-state index is -2.80. The first kappa shape index (κ1) is 17.9. The highest BCUT2D eigenvalue weighted by Crippen LogP contribution is 2.26. The van der Waals surface area contributed by atoms with Crippen molar-refractivity contribution in [1.29, 1.82) is 0 Å². The zero-order valence-electron chi connectivity index (χ0n) is 13.1. The van der Waals surface area contributed by atoms with Crippen LogP contribution in [0.25, 0.3) is 0 Å². The van der Waals surface area contributed by atoms with Gasteiger partial charge < -0.3 is 15.2 Å². The number of aliphatic hydroxyl groups excluding tert-OH is 1. The number of alkyl halides is 2. The topological polar surface area (TPSA) is 41.5 Å². The van der Waals surface area contributed by atoms with Crippen molar-refractivity contribution in [3.63, 3.8) is 0 Å². The standard InChI is InChI=1S/C16H25F2NO2/c1-11(19-14(9-10-20)16(2,3)4)12-5-7-13(8-6-12)21-15(17)18/h5-8,11,14-15,19-20H,9-10H2,1-4H3. The Hall–Kier alpha value is -1.20. The van der Waals surface area contributed by atoms with E-state index in [9.17, 15) is 13.9 Å². The summed E-state index contributed by atoms with van der Waals surface area (Å²) in [5.41, 5.74) is 1.01. The van der Waals surface area contributed by atoms with Crippen LogP contribution >= 0.6 is 0 Å². The van der Waals surface area contributed by atoms with E-state index in [0.717, 1.165) is 5.56 Å². The van der Waals surface area contributed by atoms with Crippen LogP contribution < -0.4 is 10.1 Å². The summed E-state index contributed by atoms with van der Waals surface area (Å²) in [5, 5.41) is 12.7. The highest BCUT2D eigenvalue weighted by molar-refractivity contribution is 5.29. The van der Waals surface area contributed by atoms with E-state index in [2.05, 4.69) is 30.8 Å². The van der Waals surface area contributed by atoms with Crippen LogP contribution in [0.15, 0.2) is 24.3 Å². The van der Waals surface area contributed by atoms with Crippen molar-refractivity contribution in [2.45, 2.75) is 52.8 Å². The molecule has 2 N–H and O–H groups in total. The first-order valence-electron chi connectivity index (χ1n) is 7.15. The molecular formula is C16H25F2NO2. The summed E-state index contributed by atoms with van der Waals surface area (Å²) in [4.78, 5) is 0. The molecule has 0 saturated heterocycles. The van der Waals surface area contributed by atoms with Crippen molar-refractivity contribution in [2.75, 3.05) is 6.61 Å². The first-order valence-corrected chi connectivity index (χ1v) is 7.15. The van der Waals surface area contributed by atoms with Crippen LogP contribution in [0.1, 0.15) is 45.7 Å². The van der Waals surface area contributed by atoms with E-state index >= 15 is 0 Å². The third-order valence-corrected chi connectivity index (χ3v) is 3.52. The molecule has 0 saturated carbocycles. The van der Waals surface area contributed by atoms with E-state index in [4.69, 9.17) is 0 Å². The van der Waals surface area contributed by atoms with Crippen LogP contribution in [0.4, 0.5) is 8.78 Å². The third kappa shape index (κ3) is 5.98. The first-order chi connectivity index (χ1) is 9.74. The van der Waals surface area contributed by atoms with E-state index in [-0.39, 0.29) is 29.9 Å². The second kappa shape index (κ2) is 7.71. The van der Waals surface area contributed by atoms with Gasteiger partial charge in [0.2, 0.25) is 0 Å². The van der Waals surface area contributed by atoms with Crippen LogP contribution in [0.5, 0.6) is 5.75 Å². The molecule has 0 aliphatic rings. The van der Waals surface area contributed by atoms with Gasteiger partial charge >= 0.3 is 6.61 Å². The average molecular weight is 301 g/mol. The zero-order valence-corrected chi connectivity index (χ0v) is 13.1. The minimum Gasteiger partial charge on any atom is -0.435 e. The molecule has 0 amide bonds. The number of nitrogens with one attached hydrogen (secondary N) is 1. The highest BCUT2D eigenvalue weighted by Gasteiger charge is 2.25. The van der Waals surface area contributed by atoms with Gasteiger partial charge in [0.25, 0.3) is 0 Å². The minimum absolute atomic E-state index is 0.0235. The highest BCUT2D eigenvalue weighted by atomic mass is 19.3. The second-order valence-corrected chi connectivity index (χ2v) is 6.27. The fourth-order valence-electron chi connectivity index (χ4n) is 2.23. The normalized spacial score (nSPS) is 15.0. The third-order valence-electron chi connectivity index (χ3n) is 3.52. The Balaban J connectivity index is 2.71. The molecule has 5 heteroatoms. The van der Waals surface area contributed by atoms with Gasteiger partial charge in [-0.2, -0.15) is 8.78 Å². The SMILES string of the molecule is CC(NC(CCO)C(C)(C)C)c1ccc(OC(F)F)cc1. The lowest BCUT2D eigenvalue weighted by atomic mass is 9.84. The molecule has 120 valence electrons. The molecule has 1 aromatic rings.